The molecule has 10 heteroatoms. The number of aromatic amines is 1. The van der Waals surface area contributed by atoms with Crippen LogP contribution in [-0.4, -0.2) is 32.5 Å². The summed E-state index contributed by atoms with van der Waals surface area (Å²) in [6.07, 6.45) is 3.91. The number of nitrogens with zero attached hydrogens (tertiary/aromatic N) is 2. The first-order valence-electron chi connectivity index (χ1n) is 10.6. The fourth-order valence-electron chi connectivity index (χ4n) is 4.83. The predicted octanol–water partition coefficient (Wildman–Crippen LogP) is 3.17. The van der Waals surface area contributed by atoms with Gasteiger partial charge in [-0.2, -0.15) is 0 Å². The smallest absolute Gasteiger partial charge is 0.330 e. The largest absolute Gasteiger partial charge is 0.445 e. The average molecular weight is 458 g/mol. The van der Waals surface area contributed by atoms with E-state index in [4.69, 9.17) is 30.2 Å². The van der Waals surface area contributed by atoms with Gasteiger partial charge in [0.2, 0.25) is 5.89 Å². The Balaban J connectivity index is 1.38. The average Bonchev–Trinajstić information content (AvgIpc) is 3.55. The van der Waals surface area contributed by atoms with Crippen LogP contribution in [0.15, 0.2) is 56.8 Å². The molecule has 6 rings (SSSR count). The minimum absolute atomic E-state index is 0.313. The first kappa shape index (κ1) is 19.9. The van der Waals surface area contributed by atoms with E-state index < -0.39 is 41.6 Å². The highest BCUT2D eigenvalue weighted by molar-refractivity contribution is 6.33. The van der Waals surface area contributed by atoms with Crippen LogP contribution in [0.5, 0.6) is 0 Å². The predicted molar refractivity (Wildman–Crippen MR) is 112 cm³/mol. The minimum Gasteiger partial charge on any atom is -0.445 e. The summed E-state index contributed by atoms with van der Waals surface area (Å²) in [4.78, 5) is 30.9. The molecule has 1 N–H and O–H groups in total. The van der Waals surface area contributed by atoms with Crippen molar-refractivity contribution < 1.29 is 18.6 Å². The molecule has 4 heterocycles. The Labute approximate surface area is 186 Å². The molecule has 9 nitrogen and oxygen atoms in total. The summed E-state index contributed by atoms with van der Waals surface area (Å²) in [5, 5.41) is 0.556. The fourth-order valence-corrected chi connectivity index (χ4v) is 5.06. The van der Waals surface area contributed by atoms with Crippen molar-refractivity contribution in [2.75, 3.05) is 0 Å². The quantitative estimate of drug-likeness (QED) is 0.643. The van der Waals surface area contributed by atoms with Crippen molar-refractivity contribution >= 4 is 11.6 Å². The van der Waals surface area contributed by atoms with Crippen LogP contribution in [0.3, 0.4) is 0 Å². The van der Waals surface area contributed by atoms with E-state index >= 15 is 0 Å². The molecule has 0 radical (unpaired) electrons. The molecule has 3 aromatic rings. The number of rotatable bonds is 3. The van der Waals surface area contributed by atoms with Crippen LogP contribution in [0.2, 0.25) is 5.02 Å². The summed E-state index contributed by atoms with van der Waals surface area (Å²) in [6.45, 7) is 0. The Morgan fingerprint density at radius 2 is 1.88 bits per heavy atom. The lowest BCUT2D eigenvalue weighted by molar-refractivity contribution is -0.216. The molecule has 3 aliphatic rings. The van der Waals surface area contributed by atoms with Crippen molar-refractivity contribution in [2.24, 2.45) is 0 Å². The molecule has 0 bridgehead atoms. The number of aromatic nitrogens is 3. The van der Waals surface area contributed by atoms with Gasteiger partial charge in [0.25, 0.3) is 5.56 Å². The van der Waals surface area contributed by atoms with Gasteiger partial charge in [0.1, 0.15) is 24.2 Å². The monoisotopic (exact) mass is 457 g/mol. The lowest BCUT2D eigenvalue weighted by Crippen LogP contribution is -2.37. The summed E-state index contributed by atoms with van der Waals surface area (Å²) in [5.74, 6) is -0.381. The van der Waals surface area contributed by atoms with E-state index in [2.05, 4.69) is 9.97 Å². The van der Waals surface area contributed by atoms with Crippen LogP contribution in [0.4, 0.5) is 0 Å². The van der Waals surface area contributed by atoms with E-state index in [9.17, 15) is 9.59 Å². The first-order chi connectivity index (χ1) is 15.5. The maximum atomic E-state index is 12.5. The highest BCUT2D eigenvalue weighted by Crippen LogP contribution is 2.53. The molecule has 1 spiro atoms. The van der Waals surface area contributed by atoms with Crippen LogP contribution >= 0.6 is 11.6 Å². The number of halogens is 1. The van der Waals surface area contributed by atoms with Crippen molar-refractivity contribution in [1.82, 2.24) is 14.5 Å². The molecule has 2 aromatic heterocycles. The Hall–Kier alpha value is -2.72. The third-order valence-corrected chi connectivity index (χ3v) is 6.63. The van der Waals surface area contributed by atoms with Crippen molar-refractivity contribution in [1.29, 1.82) is 0 Å². The van der Waals surface area contributed by atoms with Crippen LogP contribution in [-0.2, 0) is 14.2 Å². The number of benzene rings is 1. The number of ether oxygens (including phenoxy) is 3. The molecule has 166 valence electrons. The number of oxazole rings is 1. The topological polar surface area (TPSA) is 109 Å². The second-order valence-electron chi connectivity index (χ2n) is 8.30. The van der Waals surface area contributed by atoms with Crippen LogP contribution in [0, 0.1) is 0 Å². The van der Waals surface area contributed by atoms with E-state index in [0.29, 0.717) is 16.6 Å². The number of H-pyrrole nitrogens is 1. The van der Waals surface area contributed by atoms with Crippen LogP contribution < -0.4 is 11.2 Å². The van der Waals surface area contributed by atoms with Crippen LogP contribution in [0.1, 0.15) is 43.9 Å². The van der Waals surface area contributed by atoms with Gasteiger partial charge in [-0.3, -0.25) is 14.3 Å². The molecule has 32 heavy (non-hydrogen) atoms. The zero-order valence-corrected chi connectivity index (χ0v) is 17.7. The lowest BCUT2D eigenvalue weighted by Gasteiger charge is -2.26. The molecule has 4 atom stereocenters. The molecule has 0 unspecified atom stereocenters. The second kappa shape index (κ2) is 7.41. The summed E-state index contributed by atoms with van der Waals surface area (Å²) in [7, 11) is 0. The molecular formula is C22H20ClN3O6. The number of fused-ring (bicyclic) bond motifs is 1. The first-order valence-corrected chi connectivity index (χ1v) is 10.9. The van der Waals surface area contributed by atoms with E-state index in [1.807, 2.05) is 18.2 Å². The Morgan fingerprint density at radius 3 is 2.66 bits per heavy atom. The maximum Gasteiger partial charge on any atom is 0.330 e. The summed E-state index contributed by atoms with van der Waals surface area (Å²) >= 11 is 6.31. The summed E-state index contributed by atoms with van der Waals surface area (Å²) in [6, 6.07) is 8.62. The Kier molecular flexibility index (Phi) is 4.62. The third-order valence-electron chi connectivity index (χ3n) is 6.30. The zero-order valence-electron chi connectivity index (χ0n) is 16.9. The summed E-state index contributed by atoms with van der Waals surface area (Å²) in [5.41, 5.74) is 0.250. The van der Waals surface area contributed by atoms with Gasteiger partial charge >= 0.3 is 5.69 Å². The van der Waals surface area contributed by atoms with Gasteiger partial charge in [-0.15, -0.1) is 0 Å². The Bertz CT molecular complexity index is 1280. The van der Waals surface area contributed by atoms with Gasteiger partial charge in [-0.1, -0.05) is 29.8 Å². The molecular weight excluding hydrogens is 438 g/mol. The lowest BCUT2D eigenvalue weighted by atomic mass is 10.1. The van der Waals surface area contributed by atoms with Crippen molar-refractivity contribution in [3.63, 3.8) is 0 Å². The van der Waals surface area contributed by atoms with Gasteiger partial charge in [-0.25, -0.2) is 9.78 Å². The molecule has 2 aliphatic heterocycles. The fraction of sp³-hybridized carbons (Fsp3) is 0.409. The molecule has 1 aliphatic carbocycles. The van der Waals surface area contributed by atoms with Gasteiger partial charge in [0, 0.05) is 30.7 Å². The SMILES string of the molecule is O=c1ccn([C@@H]2O[C@H](c3nc(-c4ccccc4Cl)co3)[C@H]3OC4(CCCC4)O[C@H]32)c(=O)[nH]1. The molecule has 3 fully saturated rings. The van der Waals surface area contributed by atoms with E-state index in [1.54, 1.807) is 6.07 Å². The summed E-state index contributed by atoms with van der Waals surface area (Å²) < 4.78 is 26.0. The molecule has 2 saturated heterocycles. The highest BCUT2D eigenvalue weighted by Gasteiger charge is 2.61. The van der Waals surface area contributed by atoms with Crippen molar-refractivity contribution in [3.8, 4) is 11.3 Å². The number of hydrogen-bond acceptors (Lipinski definition) is 7. The third kappa shape index (κ3) is 3.15. The highest BCUT2D eigenvalue weighted by atomic mass is 35.5. The molecule has 1 aromatic carbocycles. The zero-order chi connectivity index (χ0) is 21.9. The minimum atomic E-state index is -0.801. The normalized spacial score (nSPS) is 28.4. The van der Waals surface area contributed by atoms with Crippen molar-refractivity contribution in [2.45, 2.75) is 56.0 Å². The van der Waals surface area contributed by atoms with Crippen LogP contribution in [0.25, 0.3) is 11.3 Å². The molecule has 1 saturated carbocycles. The van der Waals surface area contributed by atoms with Gasteiger partial charge in [0.05, 0.1) is 5.02 Å². The van der Waals surface area contributed by atoms with E-state index in [-0.39, 0.29) is 0 Å². The number of nitrogens with one attached hydrogen (secondary N) is 1. The second-order valence-corrected chi connectivity index (χ2v) is 8.71. The maximum absolute atomic E-state index is 12.5. The number of hydrogen-bond donors (Lipinski definition) is 1. The molecule has 0 amide bonds. The Morgan fingerprint density at radius 1 is 1.09 bits per heavy atom. The van der Waals surface area contributed by atoms with E-state index in [1.165, 1.54) is 23.1 Å². The van der Waals surface area contributed by atoms with Gasteiger partial charge in [0.15, 0.2) is 18.1 Å². The van der Waals surface area contributed by atoms with Gasteiger partial charge < -0.3 is 18.6 Å². The van der Waals surface area contributed by atoms with Crippen molar-refractivity contribution in [3.05, 3.63) is 74.5 Å². The van der Waals surface area contributed by atoms with E-state index in [0.717, 1.165) is 31.2 Å². The van der Waals surface area contributed by atoms with Gasteiger partial charge in [-0.05, 0) is 18.9 Å². The standard InChI is InChI=1S/C22H20ClN3O6/c23-13-6-2-1-5-12(13)14-11-29-19(24-14)17-16-18(32-22(31-16)8-3-4-9-22)20(30-17)26-10-7-15(27)25-21(26)28/h1-2,5-7,10-11,16-18,20H,3-4,8-9H2,(H,25,27,28)/t16-,17+,18-,20-/m1/s1.